The van der Waals surface area contributed by atoms with Gasteiger partial charge in [-0.2, -0.15) is 0 Å². The number of hydrogen-bond donors (Lipinski definition) is 1. The van der Waals surface area contributed by atoms with Crippen molar-refractivity contribution in [1.29, 1.82) is 0 Å². The van der Waals surface area contributed by atoms with Gasteiger partial charge in [-0.1, -0.05) is 6.08 Å². The zero-order valence-corrected chi connectivity index (χ0v) is 7.85. The second-order valence-corrected chi connectivity index (χ2v) is 3.54. The van der Waals surface area contributed by atoms with Crippen molar-refractivity contribution in [3.8, 4) is 0 Å². The predicted molar refractivity (Wildman–Crippen MR) is 51.9 cm³/mol. The van der Waals surface area contributed by atoms with Gasteiger partial charge in [-0.25, -0.2) is 4.90 Å². The van der Waals surface area contributed by atoms with Crippen LogP contribution in [-0.2, 0) is 0 Å². The van der Waals surface area contributed by atoms with Crippen molar-refractivity contribution in [2.24, 2.45) is 0 Å². The van der Waals surface area contributed by atoms with Crippen molar-refractivity contribution < 1.29 is 4.92 Å². The minimum absolute atomic E-state index is 0.266. The lowest BCUT2D eigenvalue weighted by Gasteiger charge is -2.31. The lowest BCUT2D eigenvalue weighted by molar-refractivity contribution is -0.591. The van der Waals surface area contributed by atoms with Crippen LogP contribution in [0, 0.1) is 10.1 Å². The van der Waals surface area contributed by atoms with Crippen LogP contribution in [0.3, 0.4) is 0 Å². The highest BCUT2D eigenvalue weighted by Gasteiger charge is 2.47. The summed E-state index contributed by atoms with van der Waals surface area (Å²) < 4.78 is 0. The Hall–Kier alpha value is -1.36. The first-order chi connectivity index (χ1) is 6.76. The first kappa shape index (κ1) is 9.21. The van der Waals surface area contributed by atoms with E-state index in [1.54, 1.807) is 24.4 Å². The molecule has 2 heterocycles. The molecule has 1 saturated heterocycles. The van der Waals surface area contributed by atoms with Gasteiger partial charge in [0, 0.05) is 25.4 Å². The number of nitrogens with zero attached hydrogens (tertiary/aromatic N) is 2. The molecule has 0 aliphatic carbocycles. The van der Waals surface area contributed by atoms with Crippen molar-refractivity contribution in [3.05, 3.63) is 34.5 Å². The maximum Gasteiger partial charge on any atom is 0.375 e. The monoisotopic (exact) mass is 195 g/mol. The summed E-state index contributed by atoms with van der Waals surface area (Å²) in [6, 6.07) is 0. The lowest BCUT2D eigenvalue weighted by atomic mass is 10.2. The Balaban J connectivity index is 2.25. The van der Waals surface area contributed by atoms with Crippen molar-refractivity contribution in [2.75, 3.05) is 13.1 Å². The van der Waals surface area contributed by atoms with Gasteiger partial charge in [0.1, 0.15) is 0 Å². The Kier molecular flexibility index (Phi) is 2.25. The molecule has 5 heteroatoms. The second kappa shape index (κ2) is 3.42. The van der Waals surface area contributed by atoms with Crippen molar-refractivity contribution in [1.82, 2.24) is 10.2 Å². The number of hydrogen-bond acceptors (Lipinski definition) is 4. The highest BCUT2D eigenvalue weighted by atomic mass is 16.6. The van der Waals surface area contributed by atoms with Crippen molar-refractivity contribution >= 4 is 0 Å². The maximum absolute atomic E-state index is 11.1. The third-order valence-electron chi connectivity index (χ3n) is 2.70. The quantitative estimate of drug-likeness (QED) is 0.520. The van der Waals surface area contributed by atoms with E-state index < -0.39 is 5.79 Å². The minimum Gasteiger partial charge on any atom is -0.310 e. The van der Waals surface area contributed by atoms with E-state index in [1.165, 1.54) is 0 Å². The summed E-state index contributed by atoms with van der Waals surface area (Å²) in [4.78, 5) is 12.7. The van der Waals surface area contributed by atoms with Crippen LogP contribution in [-0.4, -0.2) is 28.7 Å². The fourth-order valence-corrected chi connectivity index (χ4v) is 1.95. The molecule has 0 aromatic rings. The molecule has 1 unspecified atom stereocenters. The van der Waals surface area contributed by atoms with E-state index >= 15 is 0 Å². The van der Waals surface area contributed by atoms with E-state index in [-0.39, 0.29) is 4.92 Å². The number of nitro groups is 1. The molecule has 0 saturated carbocycles. The summed E-state index contributed by atoms with van der Waals surface area (Å²) in [5, 5.41) is 13.9. The lowest BCUT2D eigenvalue weighted by Crippen LogP contribution is -2.60. The topological polar surface area (TPSA) is 58.4 Å². The molecule has 0 spiro atoms. The molecule has 1 N–H and O–H groups in total. The van der Waals surface area contributed by atoms with Crippen molar-refractivity contribution in [3.63, 3.8) is 0 Å². The average Bonchev–Trinajstić information content (AvgIpc) is 2.72. The molecule has 5 nitrogen and oxygen atoms in total. The summed E-state index contributed by atoms with van der Waals surface area (Å²) >= 11 is 0. The molecular formula is C9H13N3O2. The molecule has 0 bridgehead atoms. The van der Waals surface area contributed by atoms with Crippen LogP contribution in [0.2, 0.25) is 0 Å². The molecule has 14 heavy (non-hydrogen) atoms. The zero-order chi connectivity index (χ0) is 10.0. The number of likely N-dealkylation sites (tertiary alicyclic amines) is 1. The highest BCUT2D eigenvalue weighted by Crippen LogP contribution is 2.23. The predicted octanol–water partition coefficient (Wildman–Crippen LogP) is 0.686. The van der Waals surface area contributed by atoms with Crippen molar-refractivity contribution in [2.45, 2.75) is 18.6 Å². The third-order valence-corrected chi connectivity index (χ3v) is 2.70. The number of nitrogens with one attached hydrogen (secondary N) is 1. The molecular weight excluding hydrogens is 182 g/mol. The normalized spacial score (nSPS) is 31.7. The Labute approximate surface area is 82.2 Å². The van der Waals surface area contributed by atoms with Gasteiger partial charge < -0.3 is 5.32 Å². The van der Waals surface area contributed by atoms with Crippen LogP contribution in [0.15, 0.2) is 24.4 Å². The molecule has 0 amide bonds. The van der Waals surface area contributed by atoms with Gasteiger partial charge in [-0.3, -0.25) is 10.1 Å². The zero-order valence-electron chi connectivity index (χ0n) is 7.85. The molecule has 0 radical (unpaired) electrons. The van der Waals surface area contributed by atoms with Crippen LogP contribution in [0.4, 0.5) is 0 Å². The van der Waals surface area contributed by atoms with E-state index in [1.807, 2.05) is 4.90 Å². The van der Waals surface area contributed by atoms with E-state index in [0.717, 1.165) is 25.9 Å². The summed E-state index contributed by atoms with van der Waals surface area (Å²) in [7, 11) is 0. The Morgan fingerprint density at radius 2 is 2.07 bits per heavy atom. The summed E-state index contributed by atoms with van der Waals surface area (Å²) in [6.45, 7) is 1.57. The fraction of sp³-hybridized carbons (Fsp3) is 0.556. The number of allylic oxidation sites excluding steroid dienone is 2. The van der Waals surface area contributed by atoms with Gasteiger partial charge in [0.2, 0.25) is 0 Å². The van der Waals surface area contributed by atoms with Gasteiger partial charge in [-0.15, -0.1) is 0 Å². The van der Waals surface area contributed by atoms with Crippen LogP contribution in [0.1, 0.15) is 12.8 Å². The molecule has 0 aromatic carbocycles. The number of dihydropyridines is 1. The van der Waals surface area contributed by atoms with E-state index in [2.05, 4.69) is 5.32 Å². The Morgan fingerprint density at radius 3 is 2.57 bits per heavy atom. The standard InChI is InChI=1S/C9H13N3O2/c13-12(14)9(5-1-2-6-10-9)11-7-3-4-8-11/h1-2,5-6,10H,3-4,7-8H2. The molecule has 2 aliphatic rings. The SMILES string of the molecule is O=[N+]([O-])C1(N2CCCC2)C=CC=CN1. The van der Waals surface area contributed by atoms with Gasteiger partial charge in [0.15, 0.2) is 0 Å². The van der Waals surface area contributed by atoms with E-state index in [0.29, 0.717) is 0 Å². The molecule has 76 valence electrons. The summed E-state index contributed by atoms with van der Waals surface area (Å²) in [6.07, 6.45) is 8.79. The van der Waals surface area contributed by atoms with Crippen LogP contribution in [0.5, 0.6) is 0 Å². The van der Waals surface area contributed by atoms with Crippen LogP contribution in [0.25, 0.3) is 0 Å². The summed E-state index contributed by atoms with van der Waals surface area (Å²) in [5.41, 5.74) is 0. The first-order valence-electron chi connectivity index (χ1n) is 4.77. The largest absolute Gasteiger partial charge is 0.375 e. The Bertz CT molecular complexity index is 294. The maximum atomic E-state index is 11.1. The molecule has 2 rings (SSSR count). The second-order valence-electron chi connectivity index (χ2n) is 3.54. The fourth-order valence-electron chi connectivity index (χ4n) is 1.95. The number of rotatable bonds is 2. The highest BCUT2D eigenvalue weighted by molar-refractivity contribution is 5.15. The van der Waals surface area contributed by atoms with Gasteiger partial charge in [0.05, 0.1) is 4.92 Å². The Morgan fingerprint density at radius 1 is 1.36 bits per heavy atom. The average molecular weight is 195 g/mol. The van der Waals surface area contributed by atoms with E-state index in [9.17, 15) is 10.1 Å². The van der Waals surface area contributed by atoms with Gasteiger partial charge in [0.25, 0.3) is 0 Å². The summed E-state index contributed by atoms with van der Waals surface area (Å²) in [5.74, 6) is -1.20. The molecule has 0 aromatic heterocycles. The van der Waals surface area contributed by atoms with Gasteiger partial charge in [-0.05, 0) is 18.9 Å². The van der Waals surface area contributed by atoms with Crippen LogP contribution < -0.4 is 5.32 Å². The third kappa shape index (κ3) is 1.29. The molecule has 2 aliphatic heterocycles. The van der Waals surface area contributed by atoms with Gasteiger partial charge >= 0.3 is 5.79 Å². The van der Waals surface area contributed by atoms with Crippen LogP contribution >= 0.6 is 0 Å². The minimum atomic E-state index is -1.20. The van der Waals surface area contributed by atoms with E-state index in [4.69, 9.17) is 0 Å². The smallest absolute Gasteiger partial charge is 0.310 e. The molecule has 1 fully saturated rings. The first-order valence-corrected chi connectivity index (χ1v) is 4.77. The molecule has 1 atom stereocenters.